The summed E-state index contributed by atoms with van der Waals surface area (Å²) in [6.07, 6.45) is 0. The molecular weight excluding hydrogens is 97.5 g/mol. The molecule has 0 unspecified atom stereocenters. The van der Waals surface area contributed by atoms with E-state index in [1.807, 2.05) is 6.07 Å². The molecule has 0 N–H and O–H groups in total. The maximum atomic E-state index is 7.93. The number of hydrogen-bond acceptors (Lipinski definition) is 1. The Labute approximate surface area is 41.8 Å². The zero-order valence-corrected chi connectivity index (χ0v) is 4.16. The van der Waals surface area contributed by atoms with Crippen molar-refractivity contribution in [2.45, 2.75) is 6.92 Å². The zero-order chi connectivity index (χ0) is 4.99. The van der Waals surface area contributed by atoms with Crippen LogP contribution in [0.4, 0.5) is 0 Å². The summed E-state index contributed by atoms with van der Waals surface area (Å²) in [6, 6.07) is 1.84. The number of rotatable bonds is 0. The monoisotopic (exact) mass is 101 g/mol. The van der Waals surface area contributed by atoms with Crippen LogP contribution in [0.3, 0.4) is 0 Å². The zero-order valence-electron chi connectivity index (χ0n) is 3.40. The minimum atomic E-state index is 0.539. The Morgan fingerprint density at radius 2 is 2.50 bits per heavy atom. The molecule has 0 atom stereocenters. The smallest absolute Gasteiger partial charge is 0.0953 e. The Morgan fingerprint density at radius 3 is 2.50 bits per heavy atom. The van der Waals surface area contributed by atoms with Crippen LogP contribution in [-0.4, -0.2) is 0 Å². The van der Waals surface area contributed by atoms with Gasteiger partial charge in [0.15, 0.2) is 0 Å². The molecular formula is C4H4ClN. The van der Waals surface area contributed by atoms with Crippen LogP contribution in [0, 0.1) is 11.3 Å². The molecule has 0 aliphatic carbocycles. The van der Waals surface area contributed by atoms with Crippen LogP contribution in [0.15, 0.2) is 11.1 Å². The molecule has 0 rings (SSSR count). The van der Waals surface area contributed by atoms with Gasteiger partial charge in [0.25, 0.3) is 0 Å². The van der Waals surface area contributed by atoms with Crippen molar-refractivity contribution in [2.75, 3.05) is 0 Å². The maximum absolute atomic E-state index is 7.93. The van der Waals surface area contributed by atoms with E-state index in [1.54, 1.807) is 6.92 Å². The second-order valence-electron chi connectivity index (χ2n) is 0.904. The number of nitrogens with zero attached hydrogens (tertiary/aromatic N) is 1. The fraction of sp³-hybridized carbons (Fsp3) is 0.250. The summed E-state index contributed by atoms with van der Waals surface area (Å²) in [6.45, 7) is 1.65. The van der Waals surface area contributed by atoms with Crippen LogP contribution in [0.5, 0.6) is 0 Å². The first-order valence-corrected chi connectivity index (χ1v) is 1.92. The van der Waals surface area contributed by atoms with E-state index in [4.69, 9.17) is 16.9 Å². The molecule has 0 saturated heterocycles. The molecule has 0 aliphatic heterocycles. The predicted octanol–water partition coefficient (Wildman–Crippen LogP) is 1.65. The van der Waals surface area contributed by atoms with Gasteiger partial charge in [-0.1, -0.05) is 11.6 Å². The molecule has 0 amide bonds. The number of hydrogen-bond donors (Lipinski definition) is 0. The van der Waals surface area contributed by atoms with Crippen molar-refractivity contribution in [3.63, 3.8) is 0 Å². The van der Waals surface area contributed by atoms with E-state index in [9.17, 15) is 0 Å². The van der Waals surface area contributed by atoms with E-state index in [0.29, 0.717) is 5.57 Å². The van der Waals surface area contributed by atoms with Gasteiger partial charge in [-0.05, 0) is 6.92 Å². The SMILES string of the molecule is CC(C#N)=CCl. The van der Waals surface area contributed by atoms with Gasteiger partial charge in [-0.15, -0.1) is 0 Å². The van der Waals surface area contributed by atoms with Crippen molar-refractivity contribution in [2.24, 2.45) is 0 Å². The van der Waals surface area contributed by atoms with Crippen LogP contribution in [0.2, 0.25) is 0 Å². The standard InChI is InChI=1S/C4H4ClN/c1-4(2-5)3-6/h2H,1H3. The normalized spacial score (nSPS) is 10.5. The molecule has 0 aromatic heterocycles. The largest absolute Gasteiger partial charge is 0.193 e. The van der Waals surface area contributed by atoms with Crippen LogP contribution in [0.25, 0.3) is 0 Å². The first-order valence-electron chi connectivity index (χ1n) is 1.48. The lowest BCUT2D eigenvalue weighted by Gasteiger charge is -1.68. The van der Waals surface area contributed by atoms with Crippen molar-refractivity contribution in [1.82, 2.24) is 0 Å². The second-order valence-corrected chi connectivity index (χ2v) is 1.12. The van der Waals surface area contributed by atoms with Gasteiger partial charge in [0.1, 0.15) is 0 Å². The summed E-state index contributed by atoms with van der Waals surface area (Å²) in [4.78, 5) is 0. The highest BCUT2D eigenvalue weighted by atomic mass is 35.5. The first kappa shape index (κ1) is 5.52. The summed E-state index contributed by atoms with van der Waals surface area (Å²) >= 11 is 5.07. The van der Waals surface area contributed by atoms with Gasteiger partial charge in [0.2, 0.25) is 0 Å². The topological polar surface area (TPSA) is 23.8 Å². The summed E-state index contributed by atoms with van der Waals surface area (Å²) in [7, 11) is 0. The van der Waals surface area contributed by atoms with E-state index < -0.39 is 0 Å². The molecule has 2 heteroatoms. The maximum Gasteiger partial charge on any atom is 0.0953 e. The third-order valence-electron chi connectivity index (χ3n) is 0.340. The summed E-state index contributed by atoms with van der Waals surface area (Å²) in [5.41, 5.74) is 1.79. The average molecular weight is 102 g/mol. The summed E-state index contributed by atoms with van der Waals surface area (Å²) < 4.78 is 0. The van der Waals surface area contributed by atoms with E-state index in [2.05, 4.69) is 0 Å². The van der Waals surface area contributed by atoms with E-state index in [1.165, 1.54) is 5.54 Å². The van der Waals surface area contributed by atoms with Gasteiger partial charge < -0.3 is 0 Å². The molecule has 0 radical (unpaired) electrons. The molecule has 1 nitrogen and oxygen atoms in total. The first-order chi connectivity index (χ1) is 2.81. The molecule has 0 aliphatic rings. The van der Waals surface area contributed by atoms with Gasteiger partial charge in [0.05, 0.1) is 6.07 Å². The lowest BCUT2D eigenvalue weighted by Crippen LogP contribution is -1.56. The number of halogens is 1. The van der Waals surface area contributed by atoms with Gasteiger partial charge in [-0.2, -0.15) is 5.26 Å². The average Bonchev–Trinajstić information content (AvgIpc) is 1.65. The predicted molar refractivity (Wildman–Crippen MR) is 25.2 cm³/mol. The van der Waals surface area contributed by atoms with Crippen molar-refractivity contribution in [3.8, 4) is 6.07 Å². The Morgan fingerprint density at radius 1 is 2.00 bits per heavy atom. The lowest BCUT2D eigenvalue weighted by atomic mass is 10.4. The van der Waals surface area contributed by atoms with Gasteiger partial charge >= 0.3 is 0 Å². The van der Waals surface area contributed by atoms with Crippen molar-refractivity contribution >= 4 is 11.6 Å². The third-order valence-corrected chi connectivity index (χ3v) is 0.667. The molecule has 0 aromatic carbocycles. The van der Waals surface area contributed by atoms with Crippen molar-refractivity contribution in [3.05, 3.63) is 11.1 Å². The Bertz CT molecular complexity index is 98.6. The Balaban J connectivity index is 3.61. The molecule has 0 saturated carbocycles. The highest BCUT2D eigenvalue weighted by Gasteiger charge is 1.73. The van der Waals surface area contributed by atoms with E-state index in [-0.39, 0.29) is 0 Å². The van der Waals surface area contributed by atoms with Gasteiger partial charge in [-0.25, -0.2) is 0 Å². The van der Waals surface area contributed by atoms with Crippen LogP contribution in [-0.2, 0) is 0 Å². The number of nitriles is 1. The van der Waals surface area contributed by atoms with Crippen molar-refractivity contribution in [1.29, 1.82) is 5.26 Å². The van der Waals surface area contributed by atoms with Gasteiger partial charge in [0, 0.05) is 11.1 Å². The molecule has 32 valence electrons. The fourth-order valence-electron chi connectivity index (χ4n) is 0.0244. The molecule has 0 heterocycles. The molecule has 6 heavy (non-hydrogen) atoms. The fourth-order valence-corrected chi connectivity index (χ4v) is 0.0732. The molecule has 0 bridgehead atoms. The van der Waals surface area contributed by atoms with Crippen LogP contribution in [0.1, 0.15) is 6.92 Å². The Hall–Kier alpha value is -0.480. The molecule has 0 spiro atoms. The highest BCUT2D eigenvalue weighted by Crippen LogP contribution is 1.88. The molecule has 0 aromatic rings. The summed E-state index contributed by atoms with van der Waals surface area (Å²) in [5, 5.41) is 7.93. The highest BCUT2D eigenvalue weighted by molar-refractivity contribution is 6.25. The van der Waals surface area contributed by atoms with Crippen LogP contribution >= 0.6 is 11.6 Å². The quantitative estimate of drug-likeness (QED) is 0.426. The summed E-state index contributed by atoms with van der Waals surface area (Å²) in [5.74, 6) is 0. The molecule has 0 fully saturated rings. The van der Waals surface area contributed by atoms with Gasteiger partial charge in [-0.3, -0.25) is 0 Å². The van der Waals surface area contributed by atoms with Crippen molar-refractivity contribution < 1.29 is 0 Å². The minimum Gasteiger partial charge on any atom is -0.193 e. The lowest BCUT2D eigenvalue weighted by molar-refractivity contribution is 1.45. The van der Waals surface area contributed by atoms with E-state index >= 15 is 0 Å². The van der Waals surface area contributed by atoms with Crippen LogP contribution < -0.4 is 0 Å². The minimum absolute atomic E-state index is 0.539. The Kier molecular flexibility index (Phi) is 2.52. The third kappa shape index (κ3) is 1.80. The van der Waals surface area contributed by atoms with E-state index in [0.717, 1.165) is 0 Å². The second kappa shape index (κ2) is 2.74. The number of allylic oxidation sites excluding steroid dienone is 1.